The summed E-state index contributed by atoms with van der Waals surface area (Å²) in [5, 5.41) is 7.04. The maximum absolute atomic E-state index is 6.78. The van der Waals surface area contributed by atoms with Crippen LogP contribution < -0.4 is 4.90 Å². The first kappa shape index (κ1) is 35.2. The van der Waals surface area contributed by atoms with E-state index in [0.717, 1.165) is 55.3 Å². The lowest BCUT2D eigenvalue weighted by atomic mass is 9.93. The first-order chi connectivity index (χ1) is 30.2. The lowest BCUT2D eigenvalue weighted by Gasteiger charge is -2.29. The van der Waals surface area contributed by atoms with E-state index in [9.17, 15) is 0 Å². The molecule has 0 saturated heterocycles. The largest absolute Gasteiger partial charge is 0.455 e. The van der Waals surface area contributed by atoms with Gasteiger partial charge in [-0.3, -0.25) is 0 Å². The van der Waals surface area contributed by atoms with Gasteiger partial charge in [0.1, 0.15) is 11.2 Å². The zero-order valence-corrected chi connectivity index (χ0v) is 33.9. The molecule has 286 valence electrons. The predicted octanol–water partition coefficient (Wildman–Crippen LogP) is 17.2. The minimum atomic E-state index is 0.862. The molecule has 12 aromatic rings. The van der Waals surface area contributed by atoms with Gasteiger partial charge in [-0.1, -0.05) is 164 Å². The maximum atomic E-state index is 6.78. The summed E-state index contributed by atoms with van der Waals surface area (Å²) in [6.45, 7) is 0. The smallest absolute Gasteiger partial charge is 0.143 e. The number of furan rings is 1. The summed E-state index contributed by atoms with van der Waals surface area (Å²) < 4.78 is 9.37. The summed E-state index contributed by atoms with van der Waals surface area (Å²) in [5.41, 5.74) is 14.5. The van der Waals surface area contributed by atoms with Gasteiger partial charge in [-0.2, -0.15) is 0 Å². The Labute approximate surface area is 357 Å². The molecule has 3 heteroatoms. The summed E-state index contributed by atoms with van der Waals surface area (Å²) >= 11 is 1.87. The number of hydrogen-bond acceptors (Lipinski definition) is 3. The van der Waals surface area contributed by atoms with Crippen LogP contribution in [-0.2, 0) is 0 Å². The molecule has 0 aliphatic heterocycles. The monoisotopic (exact) mass is 795 g/mol. The van der Waals surface area contributed by atoms with Crippen LogP contribution in [0.1, 0.15) is 0 Å². The van der Waals surface area contributed by atoms with Gasteiger partial charge in [0.25, 0.3) is 0 Å². The summed E-state index contributed by atoms with van der Waals surface area (Å²) in [5.74, 6) is 0. The van der Waals surface area contributed by atoms with Crippen LogP contribution in [0.2, 0.25) is 0 Å². The van der Waals surface area contributed by atoms with Crippen molar-refractivity contribution in [2.24, 2.45) is 0 Å². The average Bonchev–Trinajstić information content (AvgIpc) is 3.92. The van der Waals surface area contributed by atoms with Gasteiger partial charge >= 0.3 is 0 Å². The van der Waals surface area contributed by atoms with Gasteiger partial charge in [0, 0.05) is 47.8 Å². The second-order valence-corrected chi connectivity index (χ2v) is 16.7. The molecule has 0 N–H and O–H groups in total. The van der Waals surface area contributed by atoms with Crippen molar-refractivity contribution in [3.8, 4) is 44.5 Å². The fourth-order valence-electron chi connectivity index (χ4n) is 9.18. The van der Waals surface area contributed by atoms with Gasteiger partial charge in [0.05, 0.1) is 16.8 Å². The summed E-state index contributed by atoms with van der Waals surface area (Å²) in [4.78, 5) is 2.44. The quantitative estimate of drug-likeness (QED) is 0.160. The Hall–Kier alpha value is -7.72. The van der Waals surface area contributed by atoms with E-state index in [1.165, 1.54) is 59.1 Å². The van der Waals surface area contributed by atoms with E-state index >= 15 is 0 Å². The second-order valence-electron chi connectivity index (χ2n) is 15.6. The molecule has 0 bridgehead atoms. The zero-order chi connectivity index (χ0) is 40.3. The molecule has 0 unspecified atom stereocenters. The number of benzene rings is 10. The minimum Gasteiger partial charge on any atom is -0.455 e. The Bertz CT molecular complexity index is 3530. The predicted molar refractivity (Wildman–Crippen MR) is 261 cm³/mol. The molecule has 10 aromatic carbocycles. The van der Waals surface area contributed by atoms with E-state index in [1.54, 1.807) is 0 Å². The normalized spacial score (nSPS) is 11.6. The van der Waals surface area contributed by atoms with Crippen molar-refractivity contribution in [1.29, 1.82) is 0 Å². The van der Waals surface area contributed by atoms with Crippen molar-refractivity contribution in [3.05, 3.63) is 224 Å². The van der Waals surface area contributed by atoms with Crippen molar-refractivity contribution in [2.75, 3.05) is 4.90 Å². The van der Waals surface area contributed by atoms with Crippen LogP contribution in [0.25, 0.3) is 97.4 Å². The third kappa shape index (κ3) is 6.01. The Kier molecular flexibility index (Phi) is 8.39. The molecular weight excluding hydrogens is 759 g/mol. The maximum Gasteiger partial charge on any atom is 0.143 e. The highest BCUT2D eigenvalue weighted by Crippen LogP contribution is 2.49. The van der Waals surface area contributed by atoms with Crippen LogP contribution in [0.15, 0.2) is 229 Å². The fourth-order valence-corrected chi connectivity index (χ4v) is 10.4. The molecule has 0 saturated carbocycles. The van der Waals surface area contributed by atoms with Crippen LogP contribution in [0.3, 0.4) is 0 Å². The molecule has 0 amide bonds. The van der Waals surface area contributed by atoms with E-state index in [1.807, 2.05) is 11.3 Å². The van der Waals surface area contributed by atoms with Crippen molar-refractivity contribution in [1.82, 2.24) is 0 Å². The van der Waals surface area contributed by atoms with Crippen LogP contribution in [0.4, 0.5) is 17.1 Å². The van der Waals surface area contributed by atoms with Gasteiger partial charge in [-0.25, -0.2) is 0 Å². The van der Waals surface area contributed by atoms with Crippen molar-refractivity contribution < 1.29 is 4.42 Å². The highest BCUT2D eigenvalue weighted by Gasteiger charge is 2.24. The first-order valence-corrected chi connectivity index (χ1v) is 21.6. The highest BCUT2D eigenvalue weighted by atomic mass is 32.1. The SMILES string of the molecule is c1ccc(-c2cc(-c3ccccc3)cc(-c3ccc(N(c4ccccc4-c4cccc5c4sc4ccccc45)c4cccc5oc6c7ccccc7ccc6c45)cc3)c2)cc1. The van der Waals surface area contributed by atoms with Gasteiger partial charge in [-0.15, -0.1) is 11.3 Å². The molecule has 0 aliphatic carbocycles. The average molecular weight is 796 g/mol. The number of hydrogen-bond donors (Lipinski definition) is 0. The van der Waals surface area contributed by atoms with E-state index in [2.05, 4.69) is 229 Å². The van der Waals surface area contributed by atoms with Gasteiger partial charge in [0.15, 0.2) is 0 Å². The molecule has 0 fully saturated rings. The van der Waals surface area contributed by atoms with Crippen LogP contribution >= 0.6 is 11.3 Å². The number of anilines is 3. The molecule has 0 atom stereocenters. The van der Waals surface area contributed by atoms with E-state index in [0.29, 0.717) is 0 Å². The number of fused-ring (bicyclic) bond motifs is 8. The van der Waals surface area contributed by atoms with Crippen LogP contribution in [0.5, 0.6) is 0 Å². The molecule has 2 nitrogen and oxygen atoms in total. The summed E-state index contributed by atoms with van der Waals surface area (Å²) in [7, 11) is 0. The molecule has 0 spiro atoms. The number of para-hydroxylation sites is 1. The van der Waals surface area contributed by atoms with Gasteiger partial charge < -0.3 is 9.32 Å². The molecule has 2 heterocycles. The molecule has 0 radical (unpaired) electrons. The summed E-state index contributed by atoms with van der Waals surface area (Å²) in [6, 6.07) is 81.1. The van der Waals surface area contributed by atoms with E-state index in [4.69, 9.17) is 4.42 Å². The van der Waals surface area contributed by atoms with E-state index < -0.39 is 0 Å². The third-order valence-corrected chi connectivity index (χ3v) is 13.3. The van der Waals surface area contributed by atoms with E-state index in [-0.39, 0.29) is 0 Å². The van der Waals surface area contributed by atoms with Crippen LogP contribution in [-0.4, -0.2) is 0 Å². The first-order valence-electron chi connectivity index (χ1n) is 20.7. The summed E-state index contributed by atoms with van der Waals surface area (Å²) in [6.07, 6.45) is 0. The molecular formula is C58H37NOS. The fraction of sp³-hybridized carbons (Fsp3) is 0. The zero-order valence-electron chi connectivity index (χ0n) is 33.1. The van der Waals surface area contributed by atoms with Crippen molar-refractivity contribution >= 4 is 81.3 Å². The van der Waals surface area contributed by atoms with Crippen LogP contribution in [0, 0.1) is 0 Å². The number of nitrogens with zero attached hydrogens (tertiary/aromatic N) is 1. The van der Waals surface area contributed by atoms with Crippen molar-refractivity contribution in [2.45, 2.75) is 0 Å². The highest BCUT2D eigenvalue weighted by molar-refractivity contribution is 7.26. The van der Waals surface area contributed by atoms with Gasteiger partial charge in [-0.05, 0) is 99.4 Å². The lowest BCUT2D eigenvalue weighted by molar-refractivity contribution is 0.672. The lowest BCUT2D eigenvalue weighted by Crippen LogP contribution is -2.11. The number of rotatable bonds is 7. The standard InChI is InChI=1S/C58H37NOS/c1-3-15-38(16-4-1)42-35-43(39-17-5-2-6-18-39)37-44(36-42)40-29-32-45(33-30-40)59(53-26-14-27-54-56(53)51-34-31-41-19-7-8-20-46(41)57(51)60-54)52-25-11-9-21-47(52)49-23-13-24-50-48-22-10-12-28-55(48)61-58(49)50/h1-37H. The minimum absolute atomic E-state index is 0.862. The van der Waals surface area contributed by atoms with Gasteiger partial charge in [0.2, 0.25) is 0 Å². The second kappa shape index (κ2) is 14.5. The molecule has 61 heavy (non-hydrogen) atoms. The third-order valence-electron chi connectivity index (χ3n) is 12.1. The van der Waals surface area contributed by atoms with Crippen molar-refractivity contribution in [3.63, 3.8) is 0 Å². The number of thiophene rings is 1. The molecule has 0 aliphatic rings. The molecule has 12 rings (SSSR count). The molecule has 2 aromatic heterocycles. The Morgan fingerprint density at radius 2 is 0.934 bits per heavy atom. The Morgan fingerprint density at radius 1 is 0.361 bits per heavy atom. The topological polar surface area (TPSA) is 16.4 Å². The Morgan fingerprint density at radius 3 is 1.69 bits per heavy atom. The Balaban J connectivity index is 1.08.